The van der Waals surface area contributed by atoms with E-state index in [1.165, 1.54) is 12.1 Å². The van der Waals surface area contributed by atoms with E-state index in [0.29, 0.717) is 28.9 Å². The number of hydrogen-bond donors (Lipinski definition) is 1. The van der Waals surface area contributed by atoms with Gasteiger partial charge in [0.1, 0.15) is 0 Å². The Balaban J connectivity index is 1.41. The van der Waals surface area contributed by atoms with E-state index in [2.05, 4.69) is 10.1 Å². The fraction of sp³-hybridized carbons (Fsp3) is 0.222. The molecule has 0 atom stereocenters. The fourth-order valence-electron chi connectivity index (χ4n) is 4.10. The van der Waals surface area contributed by atoms with Crippen molar-refractivity contribution in [3.63, 3.8) is 0 Å². The van der Waals surface area contributed by atoms with Gasteiger partial charge in [-0.15, -0.1) is 0 Å². The monoisotopic (exact) mass is 494 g/mol. The van der Waals surface area contributed by atoms with Crippen molar-refractivity contribution in [2.24, 2.45) is 0 Å². The van der Waals surface area contributed by atoms with Gasteiger partial charge >= 0.3 is 6.61 Å². The van der Waals surface area contributed by atoms with Crippen LogP contribution < -0.4 is 14.8 Å². The Labute approximate surface area is 206 Å². The van der Waals surface area contributed by atoms with Crippen LogP contribution in [0.1, 0.15) is 44.3 Å². The van der Waals surface area contributed by atoms with Gasteiger partial charge in [-0.25, -0.2) is 0 Å². The number of halogens is 2. The molecule has 0 unspecified atom stereocenters. The Hall–Kier alpha value is -4.11. The highest BCUT2D eigenvalue weighted by atomic mass is 19.3. The number of anilines is 1. The molecule has 1 amide bonds. The molecule has 1 aliphatic rings. The number of nitrogens with zero attached hydrogens (tertiary/aromatic N) is 1. The van der Waals surface area contributed by atoms with Gasteiger partial charge in [0.05, 0.1) is 13.2 Å². The lowest BCUT2D eigenvalue weighted by Crippen LogP contribution is -2.30. The first-order chi connectivity index (χ1) is 17.3. The molecule has 4 rings (SSSR count). The molecule has 0 radical (unpaired) electrons. The van der Waals surface area contributed by atoms with Crippen LogP contribution in [0.3, 0.4) is 0 Å². The Morgan fingerprint density at radius 1 is 0.917 bits per heavy atom. The number of carbonyl (C=O) groups is 3. The van der Waals surface area contributed by atoms with Crippen LogP contribution in [0, 0.1) is 0 Å². The molecule has 1 aliphatic carbocycles. The molecular weight excluding hydrogens is 470 g/mol. The van der Waals surface area contributed by atoms with Crippen molar-refractivity contribution in [3.05, 3.63) is 88.5 Å². The number of carbonyl (C=O) groups excluding carboxylic acids is 3. The van der Waals surface area contributed by atoms with E-state index in [1.807, 2.05) is 0 Å². The highest BCUT2D eigenvalue weighted by Gasteiger charge is 2.29. The highest BCUT2D eigenvalue weighted by Crippen LogP contribution is 2.31. The summed E-state index contributed by atoms with van der Waals surface area (Å²) in [5.74, 6) is -0.677. The molecule has 0 spiro atoms. The Morgan fingerprint density at radius 2 is 1.58 bits per heavy atom. The molecule has 7 nitrogen and oxygen atoms in total. The van der Waals surface area contributed by atoms with Crippen molar-refractivity contribution in [2.75, 3.05) is 25.5 Å². The highest BCUT2D eigenvalue weighted by molar-refractivity contribution is 6.28. The molecule has 9 heteroatoms. The second kappa shape index (κ2) is 10.7. The van der Waals surface area contributed by atoms with Crippen molar-refractivity contribution in [1.29, 1.82) is 0 Å². The van der Waals surface area contributed by atoms with Crippen molar-refractivity contribution in [3.8, 4) is 11.5 Å². The zero-order chi connectivity index (χ0) is 25.8. The number of ketones is 2. The van der Waals surface area contributed by atoms with E-state index < -0.39 is 6.61 Å². The lowest BCUT2D eigenvalue weighted by Gasteiger charge is -2.20. The maximum Gasteiger partial charge on any atom is 0.387 e. The van der Waals surface area contributed by atoms with Crippen LogP contribution in [0.25, 0.3) is 0 Å². The number of nitrogens with one attached hydrogen (secondary N) is 1. The second-order valence-corrected chi connectivity index (χ2v) is 8.28. The van der Waals surface area contributed by atoms with Gasteiger partial charge in [0.2, 0.25) is 5.91 Å². The molecule has 0 aliphatic heterocycles. The molecule has 0 bridgehead atoms. The van der Waals surface area contributed by atoms with E-state index in [1.54, 1.807) is 67.4 Å². The average molecular weight is 494 g/mol. The molecule has 1 N–H and O–H groups in total. The number of alkyl halides is 2. The summed E-state index contributed by atoms with van der Waals surface area (Å²) in [5, 5.41) is 2.76. The van der Waals surface area contributed by atoms with Crippen molar-refractivity contribution < 1.29 is 32.6 Å². The van der Waals surface area contributed by atoms with Crippen LogP contribution in [-0.2, 0) is 11.3 Å². The third kappa shape index (κ3) is 5.41. The predicted molar refractivity (Wildman–Crippen MR) is 129 cm³/mol. The van der Waals surface area contributed by atoms with Gasteiger partial charge in [-0.05, 0) is 49.9 Å². The number of hydrogen-bond acceptors (Lipinski definition) is 6. The number of amides is 1. The quantitative estimate of drug-likeness (QED) is 0.368. The Morgan fingerprint density at radius 3 is 2.25 bits per heavy atom. The van der Waals surface area contributed by atoms with E-state index in [9.17, 15) is 23.2 Å². The van der Waals surface area contributed by atoms with E-state index >= 15 is 0 Å². The first-order valence-corrected chi connectivity index (χ1v) is 11.3. The minimum absolute atomic E-state index is 0.0199. The predicted octanol–water partition coefficient (Wildman–Crippen LogP) is 4.53. The maximum atomic E-state index is 12.9. The second-order valence-electron chi connectivity index (χ2n) is 8.28. The minimum atomic E-state index is -2.96. The molecule has 3 aromatic carbocycles. The zero-order valence-electron chi connectivity index (χ0n) is 19.7. The fourth-order valence-corrected chi connectivity index (χ4v) is 4.10. The van der Waals surface area contributed by atoms with Crippen molar-refractivity contribution >= 4 is 23.2 Å². The Kier molecular flexibility index (Phi) is 7.40. The van der Waals surface area contributed by atoms with Crippen LogP contribution in [0.2, 0.25) is 0 Å². The minimum Gasteiger partial charge on any atom is -0.490 e. The van der Waals surface area contributed by atoms with Gasteiger partial charge in [0.15, 0.2) is 23.1 Å². The first kappa shape index (κ1) is 25.0. The molecule has 3 aromatic rings. The van der Waals surface area contributed by atoms with Gasteiger partial charge in [0.25, 0.3) is 0 Å². The summed E-state index contributed by atoms with van der Waals surface area (Å²) in [5.41, 5.74) is 2.41. The number of ether oxygens (including phenoxy) is 2. The lowest BCUT2D eigenvalue weighted by molar-refractivity contribution is -0.117. The summed E-state index contributed by atoms with van der Waals surface area (Å²) in [4.78, 5) is 40.0. The summed E-state index contributed by atoms with van der Waals surface area (Å²) in [6, 6.07) is 15.9. The van der Waals surface area contributed by atoms with E-state index in [0.717, 1.165) is 5.56 Å². The standard InChI is InChI=1S/C27H24F2N2O5/c1-3-35-23-12-16(8-11-22(23)36-27(28)29)14-31(2)15-24(32)30-17-9-10-20-21(13-17)26(34)19-7-5-4-6-18(19)25(20)33/h4-13,27H,3,14-15H2,1-2H3,(H,30,32). The molecule has 0 heterocycles. The largest absolute Gasteiger partial charge is 0.490 e. The molecule has 0 aromatic heterocycles. The molecular formula is C27H24F2N2O5. The van der Waals surface area contributed by atoms with Crippen LogP contribution in [-0.4, -0.2) is 49.2 Å². The van der Waals surface area contributed by atoms with Gasteiger partial charge in [-0.1, -0.05) is 30.3 Å². The van der Waals surface area contributed by atoms with E-state index in [-0.39, 0.29) is 47.7 Å². The first-order valence-electron chi connectivity index (χ1n) is 11.3. The normalized spacial score (nSPS) is 12.4. The van der Waals surface area contributed by atoms with Gasteiger partial charge in [0, 0.05) is 34.5 Å². The topological polar surface area (TPSA) is 84.9 Å². The smallest absolute Gasteiger partial charge is 0.387 e. The molecule has 0 saturated heterocycles. The maximum absolute atomic E-state index is 12.9. The third-order valence-corrected chi connectivity index (χ3v) is 5.60. The Bertz CT molecular complexity index is 1330. The zero-order valence-corrected chi connectivity index (χ0v) is 19.7. The molecule has 186 valence electrons. The molecule has 0 fully saturated rings. The van der Waals surface area contributed by atoms with Gasteiger partial charge in [-0.3, -0.25) is 19.3 Å². The van der Waals surface area contributed by atoms with Crippen molar-refractivity contribution in [1.82, 2.24) is 4.90 Å². The number of benzene rings is 3. The SMILES string of the molecule is CCOc1cc(CN(C)CC(=O)Nc2ccc3c(c2)C(=O)c2ccccc2C3=O)ccc1OC(F)F. The number of likely N-dealkylation sites (N-methyl/N-ethyl adjacent to an activating group) is 1. The summed E-state index contributed by atoms with van der Waals surface area (Å²) < 4.78 is 35.1. The van der Waals surface area contributed by atoms with Crippen molar-refractivity contribution in [2.45, 2.75) is 20.1 Å². The third-order valence-electron chi connectivity index (χ3n) is 5.60. The number of fused-ring (bicyclic) bond motifs is 2. The van der Waals surface area contributed by atoms with E-state index in [4.69, 9.17) is 4.74 Å². The summed E-state index contributed by atoms with van der Waals surface area (Å²) in [7, 11) is 1.73. The van der Waals surface area contributed by atoms with Gasteiger partial charge in [-0.2, -0.15) is 8.78 Å². The number of rotatable bonds is 9. The molecule has 36 heavy (non-hydrogen) atoms. The summed E-state index contributed by atoms with van der Waals surface area (Å²) >= 11 is 0. The van der Waals surface area contributed by atoms with Crippen LogP contribution >= 0.6 is 0 Å². The summed E-state index contributed by atoms with van der Waals surface area (Å²) in [6.45, 7) is -0.587. The average Bonchev–Trinajstić information content (AvgIpc) is 2.84. The summed E-state index contributed by atoms with van der Waals surface area (Å²) in [6.07, 6.45) is 0. The van der Waals surface area contributed by atoms with Gasteiger partial charge < -0.3 is 14.8 Å². The lowest BCUT2D eigenvalue weighted by atomic mass is 9.84. The molecule has 0 saturated carbocycles. The van der Waals surface area contributed by atoms with Crippen LogP contribution in [0.5, 0.6) is 11.5 Å². The van der Waals surface area contributed by atoms with Crippen LogP contribution in [0.4, 0.5) is 14.5 Å². The van der Waals surface area contributed by atoms with Crippen LogP contribution in [0.15, 0.2) is 60.7 Å².